The summed E-state index contributed by atoms with van der Waals surface area (Å²) >= 11 is 0. The van der Waals surface area contributed by atoms with E-state index in [1.807, 2.05) is 24.5 Å². The molecule has 1 N–H and O–H groups in total. The zero-order chi connectivity index (χ0) is 12.3. The highest BCUT2D eigenvalue weighted by molar-refractivity contribution is 5.35. The first kappa shape index (κ1) is 11.1. The van der Waals surface area contributed by atoms with Crippen LogP contribution >= 0.6 is 0 Å². The lowest BCUT2D eigenvalue weighted by molar-refractivity contribution is -0.387. The molecule has 0 saturated carbocycles. The van der Waals surface area contributed by atoms with Gasteiger partial charge in [-0.05, 0) is 23.8 Å². The van der Waals surface area contributed by atoms with Gasteiger partial charge < -0.3 is 5.43 Å². The molecule has 2 aromatic rings. The highest BCUT2D eigenvalue weighted by Crippen LogP contribution is 2.17. The smallest absolute Gasteiger partial charge is 0.304 e. The van der Waals surface area contributed by atoms with Crippen molar-refractivity contribution in [3.05, 3.63) is 64.2 Å². The van der Waals surface area contributed by atoms with Gasteiger partial charge in [-0.3, -0.25) is 14.8 Å². The Balaban J connectivity index is 2.07. The van der Waals surface area contributed by atoms with Crippen LogP contribution in [0.1, 0.15) is 5.56 Å². The molecule has 0 atom stereocenters. The Morgan fingerprint density at radius 2 is 2.06 bits per heavy atom. The third kappa shape index (κ3) is 2.60. The van der Waals surface area contributed by atoms with E-state index in [1.165, 1.54) is 12.1 Å². The van der Waals surface area contributed by atoms with Gasteiger partial charge in [0.1, 0.15) is 0 Å². The minimum atomic E-state index is -0.818. The molecule has 2 rings (SSSR count). The Morgan fingerprint density at radius 1 is 1.35 bits per heavy atom. The van der Waals surface area contributed by atoms with E-state index in [2.05, 4.69) is 5.43 Å². The zero-order valence-electron chi connectivity index (χ0n) is 8.84. The molecule has 1 aromatic heterocycles. The molecular weight excluding hydrogens is 225 g/mol. The van der Waals surface area contributed by atoms with Crippen LogP contribution in [0.3, 0.4) is 0 Å². The van der Waals surface area contributed by atoms with E-state index in [4.69, 9.17) is 0 Å². The third-order valence-electron chi connectivity index (χ3n) is 2.28. The molecule has 6 heteroatoms. The van der Waals surface area contributed by atoms with Gasteiger partial charge in [-0.2, -0.15) is 4.39 Å². The van der Waals surface area contributed by atoms with Crippen molar-refractivity contribution in [3.8, 4) is 0 Å². The van der Waals surface area contributed by atoms with Crippen molar-refractivity contribution in [1.29, 1.82) is 0 Å². The Hall–Kier alpha value is -2.37. The maximum absolute atomic E-state index is 13.3. The van der Waals surface area contributed by atoms with Crippen LogP contribution in [-0.4, -0.2) is 9.60 Å². The molecule has 0 spiro atoms. The molecule has 1 aromatic carbocycles. The summed E-state index contributed by atoms with van der Waals surface area (Å²) in [6, 6.07) is 7.56. The minimum Gasteiger partial charge on any atom is -0.322 e. The molecule has 17 heavy (non-hydrogen) atoms. The maximum Gasteiger partial charge on any atom is 0.304 e. The van der Waals surface area contributed by atoms with E-state index < -0.39 is 16.4 Å². The van der Waals surface area contributed by atoms with Crippen LogP contribution < -0.4 is 5.43 Å². The molecule has 0 bridgehead atoms. The summed E-state index contributed by atoms with van der Waals surface area (Å²) in [6.07, 6.45) is 3.61. The fraction of sp³-hybridized carbons (Fsp3) is 0.0909. The zero-order valence-corrected chi connectivity index (χ0v) is 8.84. The quantitative estimate of drug-likeness (QED) is 0.653. The van der Waals surface area contributed by atoms with Gasteiger partial charge in [0, 0.05) is 18.5 Å². The number of hydrogen-bond donors (Lipinski definition) is 1. The van der Waals surface area contributed by atoms with Gasteiger partial charge >= 0.3 is 5.69 Å². The van der Waals surface area contributed by atoms with E-state index in [9.17, 15) is 14.5 Å². The highest BCUT2D eigenvalue weighted by Gasteiger charge is 2.13. The van der Waals surface area contributed by atoms with Crippen molar-refractivity contribution in [2.75, 3.05) is 5.43 Å². The number of nitrogens with zero attached hydrogens (tertiary/aromatic N) is 2. The average molecular weight is 235 g/mol. The van der Waals surface area contributed by atoms with Crippen molar-refractivity contribution >= 4 is 5.69 Å². The maximum atomic E-state index is 13.3. The molecule has 1 heterocycles. The van der Waals surface area contributed by atoms with Gasteiger partial charge in [0.2, 0.25) is 5.82 Å². The Kier molecular flexibility index (Phi) is 3.04. The van der Waals surface area contributed by atoms with Crippen LogP contribution in [0.2, 0.25) is 0 Å². The molecule has 88 valence electrons. The number of halogens is 1. The van der Waals surface area contributed by atoms with Crippen LogP contribution in [0.4, 0.5) is 10.1 Å². The fourth-order valence-corrected chi connectivity index (χ4v) is 1.43. The topological polar surface area (TPSA) is 60.1 Å². The van der Waals surface area contributed by atoms with E-state index in [0.29, 0.717) is 12.1 Å². The molecule has 0 aliphatic rings. The van der Waals surface area contributed by atoms with Gasteiger partial charge in [0.05, 0.1) is 11.5 Å². The normalized spacial score (nSPS) is 10.2. The molecule has 0 amide bonds. The van der Waals surface area contributed by atoms with Gasteiger partial charge in [0.25, 0.3) is 0 Å². The number of nitro benzene ring substituents is 1. The number of aromatic nitrogens is 1. The summed E-state index contributed by atoms with van der Waals surface area (Å²) in [5.74, 6) is -0.818. The third-order valence-corrected chi connectivity index (χ3v) is 2.28. The Labute approximate surface area is 96.6 Å². The lowest BCUT2D eigenvalue weighted by atomic mass is 10.2. The molecule has 0 fully saturated rings. The molecule has 5 nitrogen and oxygen atoms in total. The molecule has 0 radical (unpaired) electrons. The van der Waals surface area contributed by atoms with Crippen molar-refractivity contribution in [1.82, 2.24) is 4.68 Å². The second-order valence-corrected chi connectivity index (χ2v) is 3.47. The molecule has 0 saturated heterocycles. The Morgan fingerprint density at radius 3 is 2.65 bits per heavy atom. The van der Waals surface area contributed by atoms with E-state index >= 15 is 0 Å². The molecule has 0 aliphatic heterocycles. The first-order chi connectivity index (χ1) is 8.16. The SMILES string of the molecule is O=[N+]([O-])c1ccc(CNn2cccc2)cc1F. The standard InChI is InChI=1S/C11H10FN3O2/c12-10-7-9(3-4-11(10)15(16)17)8-13-14-5-1-2-6-14/h1-7,13H,8H2. The van der Waals surface area contributed by atoms with E-state index in [1.54, 1.807) is 4.68 Å². The summed E-state index contributed by atoms with van der Waals surface area (Å²) in [7, 11) is 0. The number of benzene rings is 1. The number of rotatable bonds is 4. The summed E-state index contributed by atoms with van der Waals surface area (Å²) in [5.41, 5.74) is 3.13. The van der Waals surface area contributed by atoms with Crippen molar-refractivity contribution in [2.45, 2.75) is 6.54 Å². The second kappa shape index (κ2) is 4.65. The monoisotopic (exact) mass is 235 g/mol. The number of nitrogens with one attached hydrogen (secondary N) is 1. The summed E-state index contributed by atoms with van der Waals surface area (Å²) in [5, 5.41) is 10.4. The first-order valence-corrected chi connectivity index (χ1v) is 4.96. The van der Waals surface area contributed by atoms with Crippen LogP contribution in [0.15, 0.2) is 42.7 Å². The number of hydrogen-bond acceptors (Lipinski definition) is 3. The molecular formula is C11H10FN3O2. The van der Waals surface area contributed by atoms with Gasteiger partial charge in [0.15, 0.2) is 0 Å². The molecule has 0 aliphatic carbocycles. The summed E-state index contributed by atoms with van der Waals surface area (Å²) < 4.78 is 15.0. The van der Waals surface area contributed by atoms with Crippen molar-refractivity contribution in [2.24, 2.45) is 0 Å². The largest absolute Gasteiger partial charge is 0.322 e. The second-order valence-electron chi connectivity index (χ2n) is 3.47. The summed E-state index contributed by atoms with van der Waals surface area (Å²) in [4.78, 5) is 9.69. The highest BCUT2D eigenvalue weighted by atomic mass is 19.1. The van der Waals surface area contributed by atoms with E-state index in [0.717, 1.165) is 6.07 Å². The first-order valence-electron chi connectivity index (χ1n) is 4.96. The van der Waals surface area contributed by atoms with Crippen LogP contribution in [0, 0.1) is 15.9 Å². The predicted molar refractivity (Wildman–Crippen MR) is 60.6 cm³/mol. The van der Waals surface area contributed by atoms with Crippen LogP contribution in [0.25, 0.3) is 0 Å². The fourth-order valence-electron chi connectivity index (χ4n) is 1.43. The van der Waals surface area contributed by atoms with Gasteiger partial charge in [-0.15, -0.1) is 0 Å². The van der Waals surface area contributed by atoms with E-state index in [-0.39, 0.29) is 0 Å². The summed E-state index contributed by atoms with van der Waals surface area (Å²) in [6.45, 7) is 0.392. The van der Waals surface area contributed by atoms with Crippen molar-refractivity contribution < 1.29 is 9.31 Å². The van der Waals surface area contributed by atoms with Crippen LogP contribution in [-0.2, 0) is 6.54 Å². The van der Waals surface area contributed by atoms with Gasteiger partial charge in [-0.1, -0.05) is 6.07 Å². The molecule has 0 unspecified atom stereocenters. The lowest BCUT2D eigenvalue weighted by Gasteiger charge is -2.07. The Bertz CT molecular complexity index is 526. The van der Waals surface area contributed by atoms with Gasteiger partial charge in [-0.25, -0.2) is 0 Å². The average Bonchev–Trinajstić information content (AvgIpc) is 2.78. The van der Waals surface area contributed by atoms with Crippen LogP contribution in [0.5, 0.6) is 0 Å². The predicted octanol–water partition coefficient (Wildman–Crippen LogP) is 2.28. The minimum absolute atomic E-state index is 0.392. The lowest BCUT2D eigenvalue weighted by Crippen LogP contribution is -2.12. The van der Waals surface area contributed by atoms with Crippen molar-refractivity contribution in [3.63, 3.8) is 0 Å². The number of nitro groups is 1.